The van der Waals surface area contributed by atoms with Gasteiger partial charge >= 0.3 is 5.97 Å². The van der Waals surface area contributed by atoms with Crippen LogP contribution >= 0.6 is 0 Å². The lowest BCUT2D eigenvalue weighted by atomic mass is 10.0. The highest BCUT2D eigenvalue weighted by Crippen LogP contribution is 2.17. The first kappa shape index (κ1) is 51.8. The van der Waals surface area contributed by atoms with Crippen molar-refractivity contribution in [3.8, 4) is 0 Å². The van der Waals surface area contributed by atoms with Gasteiger partial charge in [-0.2, -0.15) is 0 Å². The summed E-state index contributed by atoms with van der Waals surface area (Å²) in [6, 6.07) is 0. The Labute approximate surface area is 328 Å². The Morgan fingerprint density at radius 3 is 1.13 bits per heavy atom. The molecule has 0 amide bonds. The number of aliphatic hydroxyl groups is 1. The fraction of sp³-hybridized carbons (Fsp3) is 0.956. The molecule has 0 heterocycles. The number of unbranched alkanes of at least 4 members (excludes halogenated alkanes) is 31. The van der Waals surface area contributed by atoms with Gasteiger partial charge in [-0.15, -0.1) is 0 Å². The number of nitrogens with zero attached hydrogens (tertiary/aromatic N) is 1. The van der Waals surface area contributed by atoms with Crippen molar-refractivity contribution >= 4 is 11.9 Å². The SMILES string of the molecule is CCCCCCCCCCCCCCCCCCCCCCCCCCCCCCCCCCC(=O)OCC(O)COC(OCC[N+](C)(C)C)C(=O)[O-]. The Morgan fingerprint density at radius 2 is 0.830 bits per heavy atom. The first-order valence-electron chi connectivity index (χ1n) is 22.7. The molecule has 0 aromatic rings. The maximum absolute atomic E-state index is 12.0. The van der Waals surface area contributed by atoms with Gasteiger partial charge in [-0.1, -0.05) is 206 Å². The normalized spacial score (nSPS) is 13.0. The highest BCUT2D eigenvalue weighted by Gasteiger charge is 2.17. The van der Waals surface area contributed by atoms with Crippen molar-refractivity contribution in [2.24, 2.45) is 0 Å². The molecule has 0 spiro atoms. The van der Waals surface area contributed by atoms with Gasteiger partial charge in [-0.3, -0.25) is 4.79 Å². The van der Waals surface area contributed by atoms with Crippen LogP contribution in [0.1, 0.15) is 219 Å². The summed E-state index contributed by atoms with van der Waals surface area (Å²) in [7, 11) is 5.88. The van der Waals surface area contributed by atoms with E-state index in [2.05, 4.69) is 6.92 Å². The number of hydrogen-bond donors (Lipinski definition) is 1. The summed E-state index contributed by atoms with van der Waals surface area (Å²) in [5.41, 5.74) is 0. The Hall–Kier alpha value is -1.22. The minimum Gasteiger partial charge on any atom is -0.545 e. The van der Waals surface area contributed by atoms with E-state index in [1.165, 1.54) is 186 Å². The molecule has 8 nitrogen and oxygen atoms in total. The number of esters is 1. The number of carbonyl (C=O) groups is 2. The number of hydrogen-bond acceptors (Lipinski definition) is 7. The summed E-state index contributed by atoms with van der Waals surface area (Å²) in [6.45, 7) is 2.50. The average Bonchev–Trinajstić information content (AvgIpc) is 3.12. The predicted octanol–water partition coefficient (Wildman–Crippen LogP) is 10.6. The molecule has 316 valence electrons. The highest BCUT2D eigenvalue weighted by molar-refractivity contribution is 5.69. The van der Waals surface area contributed by atoms with Gasteiger partial charge in [-0.25, -0.2) is 0 Å². The Bertz CT molecular complexity index is 787. The van der Waals surface area contributed by atoms with E-state index < -0.39 is 18.4 Å². The number of ether oxygens (including phenoxy) is 3. The molecule has 0 radical (unpaired) electrons. The number of rotatable bonds is 43. The highest BCUT2D eigenvalue weighted by atomic mass is 16.7. The smallest absolute Gasteiger partial charge is 0.305 e. The van der Waals surface area contributed by atoms with E-state index >= 15 is 0 Å². The predicted molar refractivity (Wildman–Crippen MR) is 219 cm³/mol. The van der Waals surface area contributed by atoms with Crippen LogP contribution in [0.4, 0.5) is 0 Å². The molecule has 0 fully saturated rings. The molecule has 0 rings (SSSR count). The molecule has 2 unspecified atom stereocenters. The quantitative estimate of drug-likeness (QED) is 0.0286. The van der Waals surface area contributed by atoms with Crippen LogP contribution in [0.15, 0.2) is 0 Å². The van der Waals surface area contributed by atoms with E-state index in [1.54, 1.807) is 0 Å². The Kier molecular flexibility index (Phi) is 38.1. The van der Waals surface area contributed by atoms with Crippen molar-refractivity contribution in [1.82, 2.24) is 0 Å². The molecule has 8 heteroatoms. The van der Waals surface area contributed by atoms with Crippen molar-refractivity contribution in [1.29, 1.82) is 0 Å². The lowest BCUT2D eigenvalue weighted by molar-refractivity contribution is -0.870. The molecule has 2 atom stereocenters. The zero-order valence-electron chi connectivity index (χ0n) is 35.7. The number of aliphatic carboxylic acids is 1. The second-order valence-electron chi connectivity index (χ2n) is 16.9. The van der Waals surface area contributed by atoms with Crippen molar-refractivity contribution in [2.45, 2.75) is 231 Å². The fourth-order valence-electron chi connectivity index (χ4n) is 6.77. The van der Waals surface area contributed by atoms with Crippen LogP contribution in [0.25, 0.3) is 0 Å². The first-order chi connectivity index (χ1) is 25.7. The number of quaternary nitrogens is 1. The first-order valence-corrected chi connectivity index (χ1v) is 22.7. The molecule has 1 N–H and O–H groups in total. The number of carboxylic acid groups (broad SMARTS) is 1. The molecule has 0 bridgehead atoms. The van der Waals surface area contributed by atoms with Gasteiger partial charge in [0.2, 0.25) is 0 Å². The minimum absolute atomic E-state index is 0.174. The lowest BCUT2D eigenvalue weighted by Crippen LogP contribution is -2.44. The van der Waals surface area contributed by atoms with Crippen LogP contribution in [-0.2, 0) is 23.8 Å². The van der Waals surface area contributed by atoms with Gasteiger partial charge in [-0.05, 0) is 6.42 Å². The van der Waals surface area contributed by atoms with Gasteiger partial charge in [0.15, 0.2) is 6.29 Å². The second-order valence-corrected chi connectivity index (χ2v) is 16.9. The monoisotopic (exact) mass is 756 g/mol. The zero-order chi connectivity index (χ0) is 39.1. The van der Waals surface area contributed by atoms with E-state index in [0.29, 0.717) is 17.4 Å². The van der Waals surface area contributed by atoms with Gasteiger partial charge in [0.1, 0.15) is 19.3 Å². The van der Waals surface area contributed by atoms with Crippen LogP contribution in [0.3, 0.4) is 0 Å². The van der Waals surface area contributed by atoms with Gasteiger partial charge in [0, 0.05) is 6.42 Å². The van der Waals surface area contributed by atoms with Crippen LogP contribution in [0.2, 0.25) is 0 Å². The minimum atomic E-state index is -1.57. The fourth-order valence-corrected chi connectivity index (χ4v) is 6.77. The number of carboxylic acids is 1. The van der Waals surface area contributed by atoms with Crippen LogP contribution < -0.4 is 5.11 Å². The van der Waals surface area contributed by atoms with Gasteiger partial charge < -0.3 is 33.7 Å². The molecule has 0 aromatic heterocycles. The molecule has 0 saturated carbocycles. The summed E-state index contributed by atoms with van der Waals surface area (Å²) in [5, 5.41) is 21.2. The van der Waals surface area contributed by atoms with E-state index in [0.717, 1.165) is 19.3 Å². The lowest BCUT2D eigenvalue weighted by Gasteiger charge is -2.26. The van der Waals surface area contributed by atoms with Crippen molar-refractivity contribution in [3.63, 3.8) is 0 Å². The third kappa shape index (κ3) is 41.8. The molecule has 0 aliphatic heterocycles. The molecule has 0 aliphatic carbocycles. The van der Waals surface area contributed by atoms with E-state index in [9.17, 15) is 19.8 Å². The van der Waals surface area contributed by atoms with Crippen LogP contribution in [0.5, 0.6) is 0 Å². The topological polar surface area (TPSA) is 105 Å². The number of carbonyl (C=O) groups excluding carboxylic acids is 2. The van der Waals surface area contributed by atoms with E-state index in [1.807, 2.05) is 21.1 Å². The third-order valence-electron chi connectivity index (χ3n) is 10.3. The maximum atomic E-state index is 12.0. The average molecular weight is 756 g/mol. The van der Waals surface area contributed by atoms with Crippen LogP contribution in [0, 0.1) is 0 Å². The molecular formula is C45H89NO7. The summed E-state index contributed by atoms with van der Waals surface area (Å²) in [6.07, 6.45) is 41.5. The maximum Gasteiger partial charge on any atom is 0.305 e. The van der Waals surface area contributed by atoms with E-state index in [4.69, 9.17) is 14.2 Å². The molecular weight excluding hydrogens is 666 g/mol. The van der Waals surface area contributed by atoms with E-state index in [-0.39, 0.29) is 25.8 Å². The van der Waals surface area contributed by atoms with Crippen molar-refractivity contribution in [2.75, 3.05) is 47.5 Å². The van der Waals surface area contributed by atoms with Gasteiger partial charge in [0.25, 0.3) is 0 Å². The zero-order valence-corrected chi connectivity index (χ0v) is 35.7. The molecule has 0 aliphatic rings. The van der Waals surface area contributed by atoms with Gasteiger partial charge in [0.05, 0.1) is 40.3 Å². The Balaban J connectivity index is 3.33. The molecule has 0 saturated heterocycles. The van der Waals surface area contributed by atoms with Crippen LogP contribution in [-0.4, -0.2) is 81.4 Å². The number of aliphatic hydroxyl groups excluding tert-OH is 1. The summed E-state index contributed by atoms with van der Waals surface area (Å²) < 4.78 is 16.0. The summed E-state index contributed by atoms with van der Waals surface area (Å²) in [4.78, 5) is 23.2. The Morgan fingerprint density at radius 1 is 0.509 bits per heavy atom. The molecule has 0 aromatic carbocycles. The van der Waals surface area contributed by atoms with Crippen molar-refractivity contribution < 1.29 is 38.5 Å². The van der Waals surface area contributed by atoms with Crippen molar-refractivity contribution in [3.05, 3.63) is 0 Å². The largest absolute Gasteiger partial charge is 0.545 e. The number of likely N-dealkylation sites (N-methyl/N-ethyl adjacent to an activating group) is 1. The third-order valence-corrected chi connectivity index (χ3v) is 10.3. The summed E-state index contributed by atoms with van der Waals surface area (Å²) in [5.74, 6) is -1.86. The second kappa shape index (κ2) is 39.0. The summed E-state index contributed by atoms with van der Waals surface area (Å²) >= 11 is 0. The molecule has 53 heavy (non-hydrogen) atoms. The standard InChI is InChI=1S/C45H89NO7/c1-5-6-7-8-9-10-11-12-13-14-15-16-17-18-19-20-21-22-23-24-25-26-27-28-29-30-31-32-33-34-35-36-37-43(48)52-40-42(47)41-53-45(44(49)50)51-39-38-46(2,3)4/h42,45,47H,5-41H2,1-4H3.